The molecular formula is C39H50F2N6O9. The third-order valence-electron chi connectivity index (χ3n) is 9.27. The van der Waals surface area contributed by atoms with Crippen molar-refractivity contribution in [2.45, 2.75) is 44.9 Å². The number of carbonyl (C=O) groups is 2. The Morgan fingerprint density at radius 1 is 0.696 bits per heavy atom. The van der Waals surface area contributed by atoms with Crippen LogP contribution in [0.15, 0.2) is 48.8 Å². The number of benzene rings is 2. The standard InChI is InChI=1S/C19H22FN3O4.C11H17N3O.C8H7FO4.CH4/c1-26-16-9-18(21)22-10-13(16)11-3-5-23(6-4-11)19(25)12-7-17(27-2)15(24)8-14(12)20;1-15-10-6-11(12)14-7-9(10)8-2-4-13-5-3-8;1-13-7-2-4(8(11)12)5(9)3-6(7)10;/h7-11,24H,3-6H2,1-2H3,(H2,21,22);6-8,13H,2-5H2,1H3,(H2,12,14);2-3,10H,1H3,(H,11,12);1H4. The number of anilines is 2. The number of hydrogen-bond acceptors (Lipinski definition) is 13. The lowest BCUT2D eigenvalue weighted by atomic mass is 9.89. The number of amides is 1. The van der Waals surface area contributed by atoms with E-state index in [4.69, 9.17) is 35.9 Å². The second-order valence-corrected chi connectivity index (χ2v) is 12.6. The number of hydrogen-bond donors (Lipinski definition) is 6. The van der Waals surface area contributed by atoms with Gasteiger partial charge in [-0.3, -0.25) is 4.79 Å². The van der Waals surface area contributed by atoms with Crippen LogP contribution in [0.3, 0.4) is 0 Å². The van der Waals surface area contributed by atoms with Crippen LogP contribution in [0.5, 0.6) is 34.5 Å². The summed E-state index contributed by atoms with van der Waals surface area (Å²) in [5.74, 6) is -1.19. The van der Waals surface area contributed by atoms with Crippen LogP contribution in [0.4, 0.5) is 20.4 Å². The van der Waals surface area contributed by atoms with E-state index in [9.17, 15) is 23.5 Å². The number of aromatic nitrogens is 2. The Morgan fingerprint density at radius 2 is 1.11 bits per heavy atom. The van der Waals surface area contributed by atoms with Crippen molar-refractivity contribution in [3.05, 3.63) is 82.7 Å². The minimum absolute atomic E-state index is 0. The molecule has 0 unspecified atom stereocenters. The van der Waals surface area contributed by atoms with Gasteiger partial charge in [-0.1, -0.05) is 7.43 Å². The van der Waals surface area contributed by atoms with E-state index in [1.54, 1.807) is 37.4 Å². The first-order chi connectivity index (χ1) is 26.3. The number of nitrogens with one attached hydrogen (secondary N) is 1. The third kappa shape index (κ3) is 11.0. The number of nitrogen functional groups attached to an aromatic ring is 2. The third-order valence-corrected chi connectivity index (χ3v) is 9.27. The average Bonchev–Trinajstić information content (AvgIpc) is 3.18. The summed E-state index contributed by atoms with van der Waals surface area (Å²) < 4.78 is 47.3. The largest absolute Gasteiger partial charge is 0.504 e. The molecule has 304 valence electrons. The first kappa shape index (κ1) is 44.3. The lowest BCUT2D eigenvalue weighted by Gasteiger charge is -2.32. The number of phenolic OH excluding ortho intramolecular Hbond substituents is 2. The number of likely N-dealkylation sites (tertiary alicyclic amines) is 1. The molecule has 56 heavy (non-hydrogen) atoms. The Labute approximate surface area is 324 Å². The molecule has 2 aliphatic heterocycles. The SMILES string of the molecule is C.COc1cc(C(=O)N2CCC(c3cnc(N)cc3OC)CC2)c(F)cc1O.COc1cc(C(=O)O)c(F)cc1O.COc1cc(N)ncc1C1CCNCC1. The van der Waals surface area contributed by atoms with Crippen LogP contribution in [0, 0.1) is 11.6 Å². The van der Waals surface area contributed by atoms with E-state index in [2.05, 4.69) is 20.0 Å². The van der Waals surface area contributed by atoms with E-state index in [1.165, 1.54) is 25.8 Å². The predicted octanol–water partition coefficient (Wildman–Crippen LogP) is 5.56. The van der Waals surface area contributed by atoms with Gasteiger partial charge >= 0.3 is 5.97 Å². The number of ether oxygens (including phenoxy) is 4. The van der Waals surface area contributed by atoms with Gasteiger partial charge in [0.1, 0.15) is 34.8 Å². The molecule has 0 aliphatic carbocycles. The molecule has 2 saturated heterocycles. The highest BCUT2D eigenvalue weighted by molar-refractivity contribution is 5.95. The number of nitrogens with zero attached hydrogens (tertiary/aromatic N) is 3. The van der Waals surface area contributed by atoms with Crippen molar-refractivity contribution < 1.29 is 52.6 Å². The molecule has 6 rings (SSSR count). The lowest BCUT2D eigenvalue weighted by molar-refractivity contribution is 0.0687. The maximum Gasteiger partial charge on any atom is 0.338 e. The molecule has 4 aromatic rings. The summed E-state index contributed by atoms with van der Waals surface area (Å²) >= 11 is 0. The number of methoxy groups -OCH3 is 4. The van der Waals surface area contributed by atoms with Crippen molar-refractivity contribution in [3.8, 4) is 34.5 Å². The molecule has 15 nitrogen and oxygen atoms in total. The highest BCUT2D eigenvalue weighted by Crippen LogP contribution is 2.36. The van der Waals surface area contributed by atoms with Gasteiger partial charge in [0.05, 0.1) is 39.6 Å². The number of aromatic hydroxyl groups is 2. The highest BCUT2D eigenvalue weighted by Gasteiger charge is 2.29. The van der Waals surface area contributed by atoms with Crippen molar-refractivity contribution in [3.63, 3.8) is 0 Å². The normalized spacial score (nSPS) is 14.1. The molecule has 0 saturated carbocycles. The Bertz CT molecular complexity index is 1960. The number of carboxylic acids is 1. The van der Waals surface area contributed by atoms with Crippen molar-refractivity contribution >= 4 is 23.5 Å². The van der Waals surface area contributed by atoms with Gasteiger partial charge in [0, 0.05) is 66.9 Å². The summed E-state index contributed by atoms with van der Waals surface area (Å²) in [6.45, 7) is 3.08. The van der Waals surface area contributed by atoms with Gasteiger partial charge in [0.25, 0.3) is 5.91 Å². The van der Waals surface area contributed by atoms with Crippen LogP contribution in [0.1, 0.15) is 76.8 Å². The summed E-state index contributed by atoms with van der Waals surface area (Å²) in [5, 5.41) is 30.5. The Morgan fingerprint density at radius 3 is 1.54 bits per heavy atom. The number of carbonyl (C=O) groups excluding carboxylic acids is 1. The second kappa shape index (κ2) is 20.5. The van der Waals surface area contributed by atoms with Crippen molar-refractivity contribution in [2.24, 2.45) is 0 Å². The second-order valence-electron chi connectivity index (χ2n) is 12.6. The maximum absolute atomic E-state index is 14.2. The van der Waals surface area contributed by atoms with Gasteiger partial charge < -0.3 is 56.0 Å². The first-order valence-electron chi connectivity index (χ1n) is 17.3. The minimum Gasteiger partial charge on any atom is -0.504 e. The molecule has 0 atom stereocenters. The van der Waals surface area contributed by atoms with Crippen molar-refractivity contribution in [2.75, 3.05) is 66.1 Å². The molecule has 0 radical (unpaired) electrons. The van der Waals surface area contributed by atoms with Crippen LogP contribution in [0.25, 0.3) is 0 Å². The number of phenols is 2. The van der Waals surface area contributed by atoms with Gasteiger partial charge in [-0.25, -0.2) is 23.5 Å². The smallest absolute Gasteiger partial charge is 0.338 e. The van der Waals surface area contributed by atoms with E-state index in [0.29, 0.717) is 55.3 Å². The first-order valence-corrected chi connectivity index (χ1v) is 17.3. The quantitative estimate of drug-likeness (QED) is 0.129. The molecule has 2 aromatic heterocycles. The van der Waals surface area contributed by atoms with E-state index in [0.717, 1.165) is 49.4 Å². The van der Waals surface area contributed by atoms with Crippen LogP contribution >= 0.6 is 0 Å². The van der Waals surface area contributed by atoms with Crippen LogP contribution in [-0.2, 0) is 0 Å². The number of rotatable bonds is 8. The zero-order valence-corrected chi connectivity index (χ0v) is 31.0. The monoisotopic (exact) mass is 784 g/mol. The van der Waals surface area contributed by atoms with E-state index >= 15 is 0 Å². The number of aromatic carboxylic acids is 1. The molecule has 0 bridgehead atoms. The van der Waals surface area contributed by atoms with Gasteiger partial charge in [0.15, 0.2) is 23.0 Å². The Hall–Kier alpha value is -6.10. The number of carboxylic acid groups (broad SMARTS) is 1. The van der Waals surface area contributed by atoms with Crippen LogP contribution in [-0.4, -0.2) is 96.7 Å². The molecular weight excluding hydrogens is 734 g/mol. The summed E-state index contributed by atoms with van der Waals surface area (Å²) in [6.07, 6.45) is 7.24. The molecule has 17 heteroatoms. The summed E-state index contributed by atoms with van der Waals surface area (Å²) in [5.41, 5.74) is 12.8. The number of piperidine rings is 2. The van der Waals surface area contributed by atoms with Gasteiger partial charge in [-0.05, 0) is 56.7 Å². The zero-order valence-electron chi connectivity index (χ0n) is 31.0. The number of pyridine rings is 2. The topological polar surface area (TPSA) is 225 Å². The van der Waals surface area contributed by atoms with E-state index < -0.39 is 34.8 Å². The fourth-order valence-electron chi connectivity index (χ4n) is 6.33. The van der Waals surface area contributed by atoms with Gasteiger partial charge in [-0.15, -0.1) is 0 Å². The van der Waals surface area contributed by atoms with E-state index in [1.807, 2.05) is 6.20 Å². The fraction of sp³-hybridized carbons (Fsp3) is 0.385. The lowest BCUT2D eigenvalue weighted by Crippen LogP contribution is -2.38. The molecule has 0 spiro atoms. The average molecular weight is 785 g/mol. The van der Waals surface area contributed by atoms with Gasteiger partial charge in [0.2, 0.25) is 0 Å². The fourth-order valence-corrected chi connectivity index (χ4v) is 6.33. The van der Waals surface area contributed by atoms with Crippen molar-refractivity contribution in [1.29, 1.82) is 0 Å². The molecule has 8 N–H and O–H groups in total. The zero-order chi connectivity index (χ0) is 40.2. The maximum atomic E-state index is 14.2. The highest BCUT2D eigenvalue weighted by atomic mass is 19.1. The van der Waals surface area contributed by atoms with Crippen LogP contribution in [0.2, 0.25) is 0 Å². The van der Waals surface area contributed by atoms with Gasteiger partial charge in [-0.2, -0.15) is 0 Å². The summed E-state index contributed by atoms with van der Waals surface area (Å²) in [7, 11) is 5.86. The summed E-state index contributed by atoms with van der Waals surface area (Å²) in [6, 6.07) is 7.23. The van der Waals surface area contributed by atoms with E-state index in [-0.39, 0.29) is 36.2 Å². The molecule has 2 aromatic carbocycles. The Balaban J connectivity index is 0.000000245. The number of nitrogens with two attached hydrogens (primary N) is 2. The molecule has 2 aliphatic rings. The Kier molecular flexibility index (Phi) is 16.3. The minimum atomic E-state index is -1.41. The van der Waals surface area contributed by atoms with Crippen LogP contribution < -0.4 is 35.7 Å². The summed E-state index contributed by atoms with van der Waals surface area (Å²) in [4.78, 5) is 33.0. The predicted molar refractivity (Wildman–Crippen MR) is 206 cm³/mol. The van der Waals surface area contributed by atoms with Crippen molar-refractivity contribution in [1.82, 2.24) is 20.2 Å². The molecule has 4 heterocycles. The molecule has 2 fully saturated rings. The molecule has 1 amide bonds. The number of halogens is 2.